The van der Waals surface area contributed by atoms with Crippen molar-refractivity contribution in [2.45, 2.75) is 84.8 Å². The summed E-state index contributed by atoms with van der Waals surface area (Å²) in [6.45, 7) is -1.90. The molecule has 0 amide bonds. The molecule has 14 N–H and O–H groups in total. The maximum atomic E-state index is 14.9. The van der Waals surface area contributed by atoms with Gasteiger partial charge in [-0.3, -0.25) is 15.2 Å². The summed E-state index contributed by atoms with van der Waals surface area (Å²) >= 11 is 0. The quantitative estimate of drug-likeness (QED) is 0.0120. The number of carboxylic acids is 1. The number of aliphatic carboxylic acids is 1. The number of hydrogen-bond donors (Lipinski definition) is 13. The minimum atomic E-state index is -3.12. The van der Waals surface area contributed by atoms with Crippen LogP contribution in [-0.4, -0.2) is 194 Å². The van der Waals surface area contributed by atoms with E-state index in [2.05, 4.69) is 27.5 Å². The third-order valence-electron chi connectivity index (χ3n) is 12.9. The lowest BCUT2D eigenvalue weighted by atomic mass is 9.77. The number of carbonyl (C=O) groups is 2. The Balaban J connectivity index is 1.45. The molecule has 1 saturated carbocycles. The lowest BCUT2D eigenvalue weighted by Crippen LogP contribution is -3.14. The van der Waals surface area contributed by atoms with Crippen LogP contribution < -0.4 is 21.3 Å². The van der Waals surface area contributed by atoms with Gasteiger partial charge in [0.05, 0.1) is 53.8 Å². The lowest BCUT2D eigenvalue weighted by Gasteiger charge is -2.48. The predicted molar refractivity (Wildman–Crippen MR) is 251 cm³/mol. The predicted octanol–water partition coefficient (Wildman–Crippen LogP) is -3.12. The van der Waals surface area contributed by atoms with Crippen LogP contribution in [0.15, 0.2) is 63.7 Å². The summed E-state index contributed by atoms with van der Waals surface area (Å²) in [5.74, 6) is -0.135. The molecule has 7 aliphatic rings. The molecule has 1 saturated heterocycles. The highest BCUT2D eigenvalue weighted by Crippen LogP contribution is 2.47. The van der Waals surface area contributed by atoms with Crippen LogP contribution in [0.1, 0.15) is 19.3 Å². The third kappa shape index (κ3) is 11.6. The van der Waals surface area contributed by atoms with Gasteiger partial charge < -0.3 is 80.7 Å². The normalized spacial score (nSPS) is 36.5. The number of quaternary nitrogens is 1. The number of aliphatic hydroxyl groups is 8. The van der Waals surface area contributed by atoms with Crippen LogP contribution in [0.2, 0.25) is 0 Å². The number of hydrogen-bond acceptors (Lipinski definition) is 21. The largest absolute Gasteiger partial charge is 0.477 e. The number of nitrogens with two attached hydrogens (primary N) is 1. The number of allylic oxidation sites excluding steroid dienone is 1. The topological polar surface area (TPSA) is 329 Å². The molecule has 15 atom stereocenters. The number of carboxylic acid groups (broad SMARTS) is 1. The number of nitrogens with one attached hydrogen (secondary N) is 3. The van der Waals surface area contributed by atoms with Crippen LogP contribution in [0.4, 0.5) is 0 Å². The Labute approximate surface area is 408 Å². The SMILES string of the molecule is CNC(CO)OC1C(OC2OC=C3C(=O)OC4CCC(CO)C4CSSC4C5C#CC(=CC6=C(NC(N)=NCCCO)C(C(=O)O)=C[NH+](C6)C4CO)C3C2C=CCSS5)OC(CO)C(O)C1(O)O. The van der Waals surface area contributed by atoms with Gasteiger partial charge in [-0.25, -0.2) is 9.59 Å². The molecule has 7 rings (SSSR count). The molecule has 0 aromatic carbocycles. The lowest BCUT2D eigenvalue weighted by molar-refractivity contribution is -0.870. The summed E-state index contributed by atoms with van der Waals surface area (Å²) in [4.78, 5) is 33.0. The molecule has 2 fully saturated rings. The van der Waals surface area contributed by atoms with Crippen molar-refractivity contribution in [1.29, 1.82) is 0 Å². The van der Waals surface area contributed by atoms with E-state index in [-0.39, 0.29) is 73.1 Å². The number of nitrogens with zero attached hydrogens (tertiary/aromatic N) is 1. The fourth-order valence-corrected chi connectivity index (χ4v) is 15.6. The number of aliphatic imine (C=N–C) groups is 1. The first-order valence-electron chi connectivity index (χ1n) is 22.2. The van der Waals surface area contributed by atoms with Gasteiger partial charge in [0, 0.05) is 54.2 Å². The van der Waals surface area contributed by atoms with Crippen molar-refractivity contribution in [3.05, 3.63) is 58.7 Å². The molecule has 0 spiro atoms. The number of rotatable bonds is 14. The number of carbonyl (C=O) groups excluding carboxylic acids is 1. The van der Waals surface area contributed by atoms with Crippen LogP contribution in [0.3, 0.4) is 0 Å². The molecule has 21 nitrogen and oxygen atoms in total. The standard InChI is InChI=1S/C43H59N5O16S4/c1-45-32(18-53)63-37-41(62-30(17-52)36(54)43(37,58)59)64-40-24-4-2-11-65-67-31-8-6-21-12-23-13-48(14-25(38(55)56)34(23)47-42(44)46-9-3-10-49)28(16-51)35(31)68-66-20-27-22(15-50)5-7-29(27)61-39(57)26(19-60-40)33(21)24/h2,4,12,14,19,22,24,27-33,35-37,40-41,45,49-54,58-59H,3,5,7,9-11,13,15-18,20H2,1H3,(H,55,56)(H3,44,46,47)/p+1. The minimum absolute atomic E-state index is 0.00713. The average Bonchev–Trinajstić information content (AvgIpc) is 3.69. The van der Waals surface area contributed by atoms with Crippen LogP contribution in [-0.2, 0) is 33.3 Å². The maximum absolute atomic E-state index is 14.9. The van der Waals surface area contributed by atoms with Crippen molar-refractivity contribution in [3.63, 3.8) is 0 Å². The molecule has 1 aliphatic carbocycles. The van der Waals surface area contributed by atoms with Crippen molar-refractivity contribution >= 4 is 61.1 Å². The maximum Gasteiger partial charge on any atom is 0.343 e. The molecule has 0 aromatic heterocycles. The van der Waals surface area contributed by atoms with Crippen molar-refractivity contribution in [1.82, 2.24) is 10.6 Å². The van der Waals surface area contributed by atoms with Crippen molar-refractivity contribution in [2.75, 3.05) is 64.7 Å². The number of fused-ring (bicyclic) bond motifs is 3. The molecule has 0 aromatic rings. The molecule has 0 radical (unpaired) electrons. The Morgan fingerprint density at radius 1 is 1.12 bits per heavy atom. The van der Waals surface area contributed by atoms with E-state index in [9.17, 15) is 55.5 Å². The van der Waals surface area contributed by atoms with Crippen molar-refractivity contribution in [2.24, 2.45) is 34.4 Å². The molecule has 6 heterocycles. The van der Waals surface area contributed by atoms with E-state index in [1.165, 1.54) is 56.5 Å². The van der Waals surface area contributed by atoms with E-state index < -0.39 is 103 Å². The van der Waals surface area contributed by atoms with E-state index in [0.717, 1.165) is 0 Å². The zero-order valence-corrected chi connectivity index (χ0v) is 40.3. The van der Waals surface area contributed by atoms with Gasteiger partial charge in [-0.1, -0.05) is 67.2 Å². The highest BCUT2D eigenvalue weighted by Gasteiger charge is 2.58. The Bertz CT molecular complexity index is 2080. The summed E-state index contributed by atoms with van der Waals surface area (Å²) < 4.78 is 30.9. The van der Waals surface area contributed by atoms with Crippen LogP contribution in [0.5, 0.6) is 0 Å². The number of esters is 1. The van der Waals surface area contributed by atoms with Gasteiger partial charge in [0.25, 0.3) is 0 Å². The zero-order valence-electron chi connectivity index (χ0n) is 37.0. The fourth-order valence-electron chi connectivity index (χ4n) is 9.29. The van der Waals surface area contributed by atoms with E-state index in [4.69, 9.17) is 29.4 Å². The molecule has 25 heteroatoms. The second-order valence-corrected chi connectivity index (χ2v) is 22.2. The molecule has 68 heavy (non-hydrogen) atoms. The van der Waals surface area contributed by atoms with Gasteiger partial charge in [0.2, 0.25) is 12.1 Å². The van der Waals surface area contributed by atoms with Crippen LogP contribution >= 0.6 is 43.2 Å². The second-order valence-electron chi connectivity index (χ2n) is 17.1. The zero-order chi connectivity index (χ0) is 48.7. The van der Waals surface area contributed by atoms with Crippen LogP contribution in [0.25, 0.3) is 0 Å². The molecule has 6 bridgehead atoms. The van der Waals surface area contributed by atoms with Crippen LogP contribution in [0, 0.1) is 35.5 Å². The summed E-state index contributed by atoms with van der Waals surface area (Å²) in [5, 5.41) is 101. The van der Waals surface area contributed by atoms with Gasteiger partial charge >= 0.3 is 11.9 Å². The third-order valence-corrected chi connectivity index (χ3v) is 18.6. The van der Waals surface area contributed by atoms with Crippen molar-refractivity contribution < 1.29 is 84.1 Å². The van der Waals surface area contributed by atoms with Gasteiger partial charge in [-0.05, 0) is 38.3 Å². The molecule has 376 valence electrons. The second kappa shape index (κ2) is 24.0. The summed E-state index contributed by atoms with van der Waals surface area (Å²) in [6, 6.07) is -0.592. The Morgan fingerprint density at radius 3 is 2.63 bits per heavy atom. The van der Waals surface area contributed by atoms with E-state index in [0.29, 0.717) is 41.2 Å². The number of likely N-dealkylation sites (N-methyl/N-ethyl adjacent to an activating group) is 1. The summed E-state index contributed by atoms with van der Waals surface area (Å²) in [5.41, 5.74) is 6.91. The Hall–Kier alpha value is -2.85. The smallest absolute Gasteiger partial charge is 0.343 e. The van der Waals surface area contributed by atoms with E-state index in [1.54, 1.807) is 18.4 Å². The fraction of sp³-hybridized carbons (Fsp3) is 0.651. The first-order valence-corrected chi connectivity index (χ1v) is 27.0. The molecular weight excluding hydrogens is 971 g/mol. The van der Waals surface area contributed by atoms with Gasteiger partial charge in [0.15, 0.2) is 18.4 Å². The molecular formula is C43H60N5O16S4+. The highest BCUT2D eigenvalue weighted by molar-refractivity contribution is 8.78. The first-order chi connectivity index (χ1) is 32.8. The van der Waals surface area contributed by atoms with Crippen molar-refractivity contribution in [3.8, 4) is 11.8 Å². The summed E-state index contributed by atoms with van der Waals surface area (Å²) in [7, 11) is 7.44. The highest BCUT2D eigenvalue weighted by atomic mass is 33.1. The summed E-state index contributed by atoms with van der Waals surface area (Å²) in [6.07, 6.45) is -1.38. The molecule has 15 unspecified atom stereocenters. The number of aliphatic hydroxyl groups excluding tert-OH is 6. The monoisotopic (exact) mass is 1030 g/mol. The Morgan fingerprint density at radius 2 is 1.93 bits per heavy atom. The Kier molecular flexibility index (Phi) is 18.7. The minimum Gasteiger partial charge on any atom is -0.477 e. The van der Waals surface area contributed by atoms with E-state index in [1.807, 2.05) is 6.08 Å². The number of guanidine groups is 1. The average molecular weight is 1030 g/mol. The van der Waals surface area contributed by atoms with Gasteiger partial charge in [0.1, 0.15) is 48.9 Å². The number of ether oxygens (including phenoxy) is 5. The molecule has 6 aliphatic heterocycles. The van der Waals surface area contributed by atoms with Gasteiger partial charge in [-0.2, -0.15) is 0 Å². The first kappa shape index (κ1) is 53.0. The van der Waals surface area contributed by atoms with E-state index >= 15 is 0 Å². The van der Waals surface area contributed by atoms with Gasteiger partial charge in [-0.15, -0.1) is 0 Å².